The van der Waals surface area contributed by atoms with Crippen molar-refractivity contribution in [3.8, 4) is 100 Å². The van der Waals surface area contributed by atoms with Gasteiger partial charge in [-0.05, 0) is 157 Å². The van der Waals surface area contributed by atoms with E-state index >= 15 is 0 Å². The molecule has 13 rings (SSSR count). The fourth-order valence-electron chi connectivity index (χ4n) is 10.6. The van der Waals surface area contributed by atoms with Crippen LogP contribution in [0, 0.1) is 0 Å². The summed E-state index contributed by atoms with van der Waals surface area (Å²) >= 11 is 0. The molecular weight excluding hydrogens is 721 g/mol. The molecule has 0 aliphatic heterocycles. The molecule has 0 unspecified atom stereocenters. The third-order valence-electron chi connectivity index (χ3n) is 13.1. The van der Waals surface area contributed by atoms with Crippen LogP contribution in [0.15, 0.2) is 218 Å². The van der Waals surface area contributed by atoms with Gasteiger partial charge in [-0.1, -0.05) is 194 Å². The predicted octanol–water partition coefficient (Wildman–Crippen LogP) is 16.8. The van der Waals surface area contributed by atoms with Crippen LogP contribution in [0.25, 0.3) is 132 Å². The Kier molecular flexibility index (Phi) is 7.11. The summed E-state index contributed by atoms with van der Waals surface area (Å²) in [5, 5.41) is 7.78. The molecule has 0 saturated heterocycles. The average molecular weight is 757 g/mol. The van der Waals surface area contributed by atoms with E-state index in [0.29, 0.717) is 0 Å². The third kappa shape index (κ3) is 4.79. The molecule has 0 N–H and O–H groups in total. The van der Waals surface area contributed by atoms with E-state index in [1.54, 1.807) is 0 Å². The Morgan fingerprint density at radius 2 is 0.717 bits per heavy atom. The van der Waals surface area contributed by atoms with E-state index in [0.717, 1.165) is 0 Å². The summed E-state index contributed by atoms with van der Waals surface area (Å²) in [6.07, 6.45) is 0. The largest absolute Gasteiger partial charge is 0.0622 e. The molecule has 0 radical (unpaired) electrons. The molecule has 0 saturated carbocycles. The maximum absolute atomic E-state index is 2.48. The van der Waals surface area contributed by atoms with Gasteiger partial charge >= 0.3 is 0 Å². The lowest BCUT2D eigenvalue weighted by atomic mass is 9.81. The summed E-state index contributed by atoms with van der Waals surface area (Å²) in [6.45, 7) is 0. The minimum Gasteiger partial charge on any atom is -0.0622 e. The standard InChI is InChI=1S/C60H36/c1-5-15-37(16-6-1)41-27-29-46-52(34-41)48-24-13-23-43-33-44(36-53(46)55(43)48)42-28-30-49-54(35-42)57(40-21-11-4-12-22-40)59-50-26-14-25-47-45(38-17-7-2-8-18-38)31-32-51(58(47)50)60(59)56(49)39-19-9-3-10-20-39/h1-36H. The van der Waals surface area contributed by atoms with Crippen molar-refractivity contribution in [3.05, 3.63) is 218 Å². The molecule has 11 aromatic rings. The number of hydrogen-bond donors (Lipinski definition) is 0. The maximum Gasteiger partial charge on any atom is -0.000741 e. The zero-order valence-electron chi connectivity index (χ0n) is 32.8. The SMILES string of the molecule is c1ccc(-c2ccc3c(c2)-c2cccc4cc(-c5ccc6c(-c7ccccc7)c7c(c(-c8ccccc8)c6c5)-c5cccc6c(-c8ccccc8)ccc-7c56)cc-3c24)cc1. The molecule has 0 fully saturated rings. The molecule has 276 valence electrons. The number of benzene rings is 11. The van der Waals surface area contributed by atoms with Crippen molar-refractivity contribution in [1.29, 1.82) is 0 Å². The van der Waals surface area contributed by atoms with Crippen LogP contribution in [0.4, 0.5) is 0 Å². The lowest BCUT2D eigenvalue weighted by Gasteiger charge is -2.21. The molecule has 0 nitrogen and oxygen atoms in total. The zero-order valence-corrected chi connectivity index (χ0v) is 32.8. The van der Waals surface area contributed by atoms with Crippen LogP contribution >= 0.6 is 0 Å². The fraction of sp³-hybridized carbons (Fsp3) is 0. The van der Waals surface area contributed by atoms with Gasteiger partial charge in [-0.3, -0.25) is 0 Å². The molecule has 11 aromatic carbocycles. The highest BCUT2D eigenvalue weighted by molar-refractivity contribution is 6.29. The van der Waals surface area contributed by atoms with Crippen LogP contribution < -0.4 is 0 Å². The Balaban J connectivity index is 1.09. The van der Waals surface area contributed by atoms with Gasteiger partial charge in [-0.25, -0.2) is 0 Å². The van der Waals surface area contributed by atoms with Crippen molar-refractivity contribution in [3.63, 3.8) is 0 Å². The zero-order chi connectivity index (χ0) is 39.3. The summed E-state index contributed by atoms with van der Waals surface area (Å²) in [7, 11) is 0. The minimum atomic E-state index is 1.22. The fourth-order valence-corrected chi connectivity index (χ4v) is 10.6. The topological polar surface area (TPSA) is 0 Å². The van der Waals surface area contributed by atoms with E-state index < -0.39 is 0 Å². The van der Waals surface area contributed by atoms with E-state index in [1.165, 1.54) is 132 Å². The molecule has 2 aliphatic carbocycles. The molecular formula is C60H36. The van der Waals surface area contributed by atoms with Crippen molar-refractivity contribution in [2.45, 2.75) is 0 Å². The Hall–Kier alpha value is -7.80. The lowest BCUT2D eigenvalue weighted by molar-refractivity contribution is 1.61. The second-order valence-corrected chi connectivity index (χ2v) is 16.3. The van der Waals surface area contributed by atoms with Crippen LogP contribution in [-0.4, -0.2) is 0 Å². The van der Waals surface area contributed by atoms with Crippen molar-refractivity contribution in [2.75, 3.05) is 0 Å². The highest BCUT2D eigenvalue weighted by Crippen LogP contribution is 2.59. The number of fused-ring (bicyclic) bond motifs is 7. The molecule has 0 spiro atoms. The van der Waals surface area contributed by atoms with Gasteiger partial charge in [0.05, 0.1) is 0 Å². The lowest BCUT2D eigenvalue weighted by Crippen LogP contribution is -1.94. The molecule has 0 bridgehead atoms. The molecule has 60 heavy (non-hydrogen) atoms. The van der Waals surface area contributed by atoms with E-state index in [2.05, 4.69) is 218 Å². The first-order valence-corrected chi connectivity index (χ1v) is 20.9. The van der Waals surface area contributed by atoms with Gasteiger partial charge in [0.15, 0.2) is 0 Å². The van der Waals surface area contributed by atoms with Crippen LogP contribution in [0.2, 0.25) is 0 Å². The second-order valence-electron chi connectivity index (χ2n) is 16.3. The van der Waals surface area contributed by atoms with Gasteiger partial charge < -0.3 is 0 Å². The van der Waals surface area contributed by atoms with E-state index in [9.17, 15) is 0 Å². The van der Waals surface area contributed by atoms with Crippen molar-refractivity contribution in [1.82, 2.24) is 0 Å². The second kappa shape index (κ2) is 12.9. The van der Waals surface area contributed by atoms with Gasteiger partial charge in [0, 0.05) is 0 Å². The van der Waals surface area contributed by atoms with Crippen molar-refractivity contribution >= 4 is 32.3 Å². The smallest absolute Gasteiger partial charge is 0.000741 e. The van der Waals surface area contributed by atoms with Gasteiger partial charge in [0.25, 0.3) is 0 Å². The molecule has 2 aliphatic rings. The quantitative estimate of drug-likeness (QED) is 0.164. The number of hydrogen-bond acceptors (Lipinski definition) is 0. The highest BCUT2D eigenvalue weighted by atomic mass is 14.3. The summed E-state index contributed by atoms with van der Waals surface area (Å²) in [5.74, 6) is 0. The first kappa shape index (κ1) is 33.2. The van der Waals surface area contributed by atoms with Gasteiger partial charge in [-0.15, -0.1) is 0 Å². The van der Waals surface area contributed by atoms with E-state index in [-0.39, 0.29) is 0 Å². The molecule has 0 heteroatoms. The Morgan fingerprint density at radius 1 is 0.183 bits per heavy atom. The average Bonchev–Trinajstić information content (AvgIpc) is 3.82. The Bertz CT molecular complexity index is 3540. The van der Waals surface area contributed by atoms with Crippen LogP contribution in [0.5, 0.6) is 0 Å². The third-order valence-corrected chi connectivity index (χ3v) is 13.1. The first-order valence-electron chi connectivity index (χ1n) is 20.9. The minimum absolute atomic E-state index is 1.22. The summed E-state index contributed by atoms with van der Waals surface area (Å²) < 4.78 is 0. The summed E-state index contributed by atoms with van der Waals surface area (Å²) in [6, 6.07) is 81.2. The van der Waals surface area contributed by atoms with Gasteiger partial charge in [0.2, 0.25) is 0 Å². The van der Waals surface area contributed by atoms with Crippen molar-refractivity contribution in [2.24, 2.45) is 0 Å². The van der Waals surface area contributed by atoms with Gasteiger partial charge in [0.1, 0.15) is 0 Å². The summed E-state index contributed by atoms with van der Waals surface area (Å²) in [4.78, 5) is 0. The first-order chi connectivity index (χ1) is 29.8. The highest BCUT2D eigenvalue weighted by Gasteiger charge is 2.32. The Labute approximate surface area is 349 Å². The predicted molar refractivity (Wildman–Crippen MR) is 255 cm³/mol. The van der Waals surface area contributed by atoms with Crippen LogP contribution in [0.3, 0.4) is 0 Å². The molecule has 0 aromatic heterocycles. The van der Waals surface area contributed by atoms with E-state index in [4.69, 9.17) is 0 Å². The summed E-state index contributed by atoms with van der Waals surface area (Å²) in [5.41, 5.74) is 23.0. The monoisotopic (exact) mass is 756 g/mol. The van der Waals surface area contributed by atoms with Crippen LogP contribution in [0.1, 0.15) is 0 Å². The normalized spacial score (nSPS) is 12.0. The van der Waals surface area contributed by atoms with E-state index in [1.807, 2.05) is 0 Å². The van der Waals surface area contributed by atoms with Crippen LogP contribution in [-0.2, 0) is 0 Å². The molecule has 0 heterocycles. The van der Waals surface area contributed by atoms with Crippen molar-refractivity contribution < 1.29 is 0 Å². The molecule has 0 atom stereocenters. The maximum atomic E-state index is 2.48. The Morgan fingerprint density at radius 3 is 1.43 bits per heavy atom. The van der Waals surface area contributed by atoms with Gasteiger partial charge in [-0.2, -0.15) is 0 Å². The number of rotatable bonds is 5. The molecule has 0 amide bonds.